The van der Waals surface area contributed by atoms with Gasteiger partial charge in [0, 0.05) is 5.41 Å². The van der Waals surface area contributed by atoms with Gasteiger partial charge in [0.05, 0.1) is 0 Å². The van der Waals surface area contributed by atoms with Crippen molar-refractivity contribution in [1.29, 1.82) is 0 Å². The lowest BCUT2D eigenvalue weighted by atomic mass is 9.50. The smallest absolute Gasteiger partial charge is 0.0325 e. The first-order valence-corrected chi connectivity index (χ1v) is 6.10. The van der Waals surface area contributed by atoms with Crippen LogP contribution >= 0.6 is 9.24 Å². The van der Waals surface area contributed by atoms with Gasteiger partial charge in [0.1, 0.15) is 0 Å². The molecule has 0 aromatic rings. The fourth-order valence-corrected chi connectivity index (χ4v) is 4.72. The normalized spacial score (nSPS) is 51.6. The lowest BCUT2D eigenvalue weighted by Crippen LogP contribution is -2.45. The maximum absolute atomic E-state index is 3.50. The van der Waals surface area contributed by atoms with E-state index in [9.17, 15) is 0 Å². The van der Waals surface area contributed by atoms with E-state index in [1.54, 1.807) is 0 Å². The Kier molecular flexibility index (Phi) is 1.75. The van der Waals surface area contributed by atoms with Gasteiger partial charge in [0.25, 0.3) is 0 Å². The van der Waals surface area contributed by atoms with Gasteiger partial charge in [0.2, 0.25) is 0 Å². The van der Waals surface area contributed by atoms with Gasteiger partial charge in [-0.2, -0.15) is 0 Å². The summed E-state index contributed by atoms with van der Waals surface area (Å²) in [4.78, 5) is 0. The molecule has 4 aliphatic rings. The molecule has 0 amide bonds. The zero-order valence-electron chi connectivity index (χ0n) is 8.05. The van der Waals surface area contributed by atoms with E-state index in [-0.39, 0.29) is 0 Å². The largest absolute Gasteiger partial charge is 0.0924 e. The SMILES string of the molecule is PC#CC12CC3CC(CC(C3)C1)C2. The molecule has 0 aliphatic heterocycles. The van der Waals surface area contributed by atoms with E-state index < -0.39 is 0 Å². The highest BCUT2D eigenvalue weighted by Crippen LogP contribution is 2.59. The summed E-state index contributed by atoms with van der Waals surface area (Å²) in [6.45, 7) is 0. The van der Waals surface area contributed by atoms with Crippen molar-refractivity contribution in [3.05, 3.63) is 0 Å². The van der Waals surface area contributed by atoms with Crippen LogP contribution in [-0.4, -0.2) is 0 Å². The van der Waals surface area contributed by atoms with Crippen LogP contribution in [0.4, 0.5) is 0 Å². The molecule has 0 saturated heterocycles. The van der Waals surface area contributed by atoms with Crippen LogP contribution in [0.5, 0.6) is 0 Å². The molecule has 0 N–H and O–H groups in total. The number of hydrogen-bond acceptors (Lipinski definition) is 0. The molecule has 0 aromatic heterocycles. The average molecular weight is 192 g/mol. The molecule has 13 heavy (non-hydrogen) atoms. The summed E-state index contributed by atoms with van der Waals surface area (Å²) >= 11 is 0. The van der Waals surface area contributed by atoms with Gasteiger partial charge in [0.15, 0.2) is 0 Å². The van der Waals surface area contributed by atoms with E-state index >= 15 is 0 Å². The molecular formula is C12H17P. The van der Waals surface area contributed by atoms with Crippen molar-refractivity contribution in [2.24, 2.45) is 23.2 Å². The van der Waals surface area contributed by atoms with Crippen LogP contribution in [0.1, 0.15) is 38.5 Å². The van der Waals surface area contributed by atoms with Crippen molar-refractivity contribution in [1.82, 2.24) is 0 Å². The zero-order chi connectivity index (χ0) is 8.89. The molecule has 4 fully saturated rings. The Morgan fingerprint density at radius 3 is 1.77 bits per heavy atom. The Morgan fingerprint density at radius 1 is 0.923 bits per heavy atom. The molecular weight excluding hydrogens is 175 g/mol. The molecule has 0 nitrogen and oxygen atoms in total. The van der Waals surface area contributed by atoms with E-state index in [2.05, 4.69) is 20.8 Å². The van der Waals surface area contributed by atoms with Gasteiger partial charge in [-0.1, -0.05) is 20.8 Å². The van der Waals surface area contributed by atoms with Gasteiger partial charge in [-0.3, -0.25) is 0 Å². The quantitative estimate of drug-likeness (QED) is 0.409. The standard InChI is InChI=1S/C12H17P/c13-2-1-12-6-9-3-10(7-12)5-11(4-9)8-12/h9-11H,3-8,13H2. The topological polar surface area (TPSA) is 0 Å². The van der Waals surface area contributed by atoms with Crippen LogP contribution in [0.25, 0.3) is 0 Å². The Labute approximate surface area is 83.1 Å². The van der Waals surface area contributed by atoms with Gasteiger partial charge in [-0.05, 0) is 56.3 Å². The first kappa shape index (κ1) is 8.31. The maximum Gasteiger partial charge on any atom is 0.0325 e. The Balaban J connectivity index is 1.94. The van der Waals surface area contributed by atoms with E-state index in [4.69, 9.17) is 0 Å². The van der Waals surface area contributed by atoms with Crippen molar-refractivity contribution in [2.45, 2.75) is 38.5 Å². The maximum atomic E-state index is 3.50. The number of hydrogen-bond donors (Lipinski definition) is 0. The summed E-state index contributed by atoms with van der Waals surface area (Å²) in [5.74, 6) is 6.62. The highest BCUT2D eigenvalue weighted by molar-refractivity contribution is 7.23. The molecule has 0 heterocycles. The first-order chi connectivity index (χ1) is 6.30. The predicted octanol–water partition coefficient (Wildman–Crippen LogP) is 3.04. The predicted molar refractivity (Wildman–Crippen MR) is 58.1 cm³/mol. The summed E-state index contributed by atoms with van der Waals surface area (Å²) in [6, 6.07) is 0. The van der Waals surface area contributed by atoms with Crippen LogP contribution in [0, 0.1) is 34.8 Å². The molecule has 1 atom stereocenters. The molecule has 0 spiro atoms. The first-order valence-electron chi connectivity index (χ1n) is 5.52. The minimum Gasteiger partial charge on any atom is -0.0924 e. The fourth-order valence-electron chi connectivity index (χ4n) is 4.42. The van der Waals surface area contributed by atoms with Crippen molar-refractivity contribution < 1.29 is 0 Å². The second kappa shape index (κ2) is 2.74. The second-order valence-electron chi connectivity index (χ2n) is 5.47. The lowest BCUT2D eigenvalue weighted by molar-refractivity contribution is -0.0180. The highest BCUT2D eigenvalue weighted by Gasteiger charge is 2.50. The molecule has 4 saturated carbocycles. The second-order valence-corrected chi connectivity index (χ2v) is 5.76. The monoisotopic (exact) mass is 192 g/mol. The van der Waals surface area contributed by atoms with Crippen LogP contribution in [0.15, 0.2) is 0 Å². The summed E-state index contributed by atoms with van der Waals surface area (Å²) in [7, 11) is 2.58. The Morgan fingerprint density at radius 2 is 1.38 bits per heavy atom. The lowest BCUT2D eigenvalue weighted by Gasteiger charge is -2.54. The molecule has 1 unspecified atom stereocenters. The molecule has 70 valence electrons. The summed E-state index contributed by atoms with van der Waals surface area (Å²) in [5.41, 5.74) is 3.56. The fraction of sp³-hybridized carbons (Fsp3) is 0.833. The minimum atomic E-state index is 0.469. The molecule has 4 bridgehead atoms. The third-order valence-corrected chi connectivity index (χ3v) is 4.52. The molecule has 1 heteroatoms. The summed E-state index contributed by atoms with van der Waals surface area (Å²) < 4.78 is 0. The van der Waals surface area contributed by atoms with E-state index in [0.29, 0.717) is 5.41 Å². The van der Waals surface area contributed by atoms with Crippen molar-refractivity contribution in [3.63, 3.8) is 0 Å². The molecule has 4 rings (SSSR count). The van der Waals surface area contributed by atoms with Gasteiger partial charge >= 0.3 is 0 Å². The van der Waals surface area contributed by atoms with Gasteiger partial charge in [-0.25, -0.2) is 0 Å². The summed E-state index contributed by atoms with van der Waals surface area (Å²) in [5, 5.41) is 0. The molecule has 0 aromatic carbocycles. The third kappa shape index (κ3) is 1.25. The zero-order valence-corrected chi connectivity index (χ0v) is 9.21. The summed E-state index contributed by atoms with van der Waals surface area (Å²) in [6.07, 6.45) is 8.83. The van der Waals surface area contributed by atoms with Crippen LogP contribution < -0.4 is 0 Å². The average Bonchev–Trinajstić information content (AvgIpc) is 2.00. The van der Waals surface area contributed by atoms with Crippen molar-refractivity contribution in [3.8, 4) is 11.6 Å². The molecule has 0 radical (unpaired) electrons. The van der Waals surface area contributed by atoms with Crippen molar-refractivity contribution in [2.75, 3.05) is 0 Å². The van der Waals surface area contributed by atoms with E-state index in [1.807, 2.05) is 0 Å². The van der Waals surface area contributed by atoms with Crippen LogP contribution in [0.3, 0.4) is 0 Å². The van der Waals surface area contributed by atoms with Gasteiger partial charge < -0.3 is 0 Å². The van der Waals surface area contributed by atoms with Crippen molar-refractivity contribution >= 4 is 9.24 Å². The number of rotatable bonds is 0. The van der Waals surface area contributed by atoms with Crippen LogP contribution in [0.2, 0.25) is 0 Å². The van der Waals surface area contributed by atoms with E-state index in [0.717, 1.165) is 17.8 Å². The Hall–Kier alpha value is -0.0100. The molecule has 4 aliphatic carbocycles. The highest BCUT2D eigenvalue weighted by atomic mass is 31.0. The minimum absolute atomic E-state index is 0.469. The van der Waals surface area contributed by atoms with Crippen LogP contribution in [-0.2, 0) is 0 Å². The van der Waals surface area contributed by atoms with E-state index in [1.165, 1.54) is 38.5 Å². The third-order valence-electron chi connectivity index (χ3n) is 4.38. The Bertz CT molecular complexity index is 246. The van der Waals surface area contributed by atoms with Gasteiger partial charge in [-0.15, -0.1) is 0 Å².